The van der Waals surface area contributed by atoms with Gasteiger partial charge in [0.1, 0.15) is 17.4 Å². The molecule has 2 aromatic rings. The number of alkyl carbamates (subject to hydrolysis) is 1. The highest BCUT2D eigenvalue weighted by Crippen LogP contribution is 2.31. The van der Waals surface area contributed by atoms with Crippen molar-refractivity contribution in [3.8, 4) is 5.75 Å². The summed E-state index contributed by atoms with van der Waals surface area (Å²) in [6, 6.07) is 12.9. The average molecular weight is 606 g/mol. The van der Waals surface area contributed by atoms with E-state index in [0.717, 1.165) is 61.7 Å². The summed E-state index contributed by atoms with van der Waals surface area (Å²) in [5.41, 5.74) is 3.09. The van der Waals surface area contributed by atoms with Crippen molar-refractivity contribution in [3.05, 3.63) is 59.2 Å². The standard InChI is InChI=1S/C33H43N5O6/c1-22(34-32(42)44-33(2,3)4)23-6-9-26(10-7-23)43-19-5-14-36-15-17-37(18-16-36)25-8-11-27-24(20-25)21-38(31(27)41)28-12-13-29(39)35-30(28)40/h6-11,20,22,28H,5,12-19,21H2,1-4H3,(H,34,42)(H,35,39,40)/t22-,28?/m0/s1. The van der Waals surface area contributed by atoms with Crippen molar-refractivity contribution in [2.24, 2.45) is 0 Å². The van der Waals surface area contributed by atoms with Crippen LogP contribution in [0.2, 0.25) is 0 Å². The molecule has 2 aromatic carbocycles. The van der Waals surface area contributed by atoms with E-state index in [1.807, 2.05) is 64.1 Å². The van der Waals surface area contributed by atoms with Crippen molar-refractivity contribution < 1.29 is 28.7 Å². The summed E-state index contributed by atoms with van der Waals surface area (Å²) in [6.07, 6.45) is 1.09. The summed E-state index contributed by atoms with van der Waals surface area (Å²) in [7, 11) is 0. The largest absolute Gasteiger partial charge is 0.494 e. The van der Waals surface area contributed by atoms with Gasteiger partial charge in [0.15, 0.2) is 0 Å². The minimum atomic E-state index is -0.597. The molecule has 2 atom stereocenters. The van der Waals surface area contributed by atoms with Gasteiger partial charge < -0.3 is 24.6 Å². The molecule has 3 aliphatic rings. The van der Waals surface area contributed by atoms with E-state index >= 15 is 0 Å². The second-order valence-corrected chi connectivity index (χ2v) is 12.7. The molecule has 4 amide bonds. The molecule has 2 fully saturated rings. The lowest BCUT2D eigenvalue weighted by Gasteiger charge is -2.36. The lowest BCUT2D eigenvalue weighted by atomic mass is 10.0. The van der Waals surface area contributed by atoms with Gasteiger partial charge in [0, 0.05) is 56.9 Å². The number of anilines is 1. The molecule has 0 aliphatic carbocycles. The molecule has 2 saturated heterocycles. The SMILES string of the molecule is C[C@H](NC(=O)OC(C)(C)C)c1ccc(OCCCN2CCN(c3ccc4c(c3)CN(C3CCC(=O)NC3=O)C4=O)CC2)cc1. The van der Waals surface area contributed by atoms with Crippen LogP contribution in [-0.2, 0) is 20.9 Å². The fourth-order valence-electron chi connectivity index (χ4n) is 5.89. The van der Waals surface area contributed by atoms with Crippen LogP contribution in [0.25, 0.3) is 0 Å². The predicted octanol–water partition coefficient (Wildman–Crippen LogP) is 3.62. The minimum absolute atomic E-state index is 0.145. The maximum atomic E-state index is 13.0. The molecule has 1 unspecified atom stereocenters. The number of rotatable bonds is 9. The third-order valence-electron chi connectivity index (χ3n) is 8.25. The third-order valence-corrected chi connectivity index (χ3v) is 8.25. The van der Waals surface area contributed by atoms with E-state index in [-0.39, 0.29) is 30.2 Å². The van der Waals surface area contributed by atoms with E-state index in [1.165, 1.54) is 0 Å². The van der Waals surface area contributed by atoms with Gasteiger partial charge in [-0.15, -0.1) is 0 Å². The molecule has 11 nitrogen and oxygen atoms in total. The number of imide groups is 1. The van der Waals surface area contributed by atoms with Crippen molar-refractivity contribution in [2.45, 2.75) is 71.2 Å². The monoisotopic (exact) mass is 605 g/mol. The summed E-state index contributed by atoms with van der Waals surface area (Å²) in [5, 5.41) is 5.21. The molecule has 0 saturated carbocycles. The fourth-order valence-corrected chi connectivity index (χ4v) is 5.89. The van der Waals surface area contributed by atoms with Gasteiger partial charge in [0.05, 0.1) is 12.6 Å². The molecule has 11 heteroatoms. The molecular weight excluding hydrogens is 562 g/mol. The van der Waals surface area contributed by atoms with Gasteiger partial charge in [-0.1, -0.05) is 12.1 Å². The van der Waals surface area contributed by atoms with Crippen LogP contribution in [-0.4, -0.2) is 84.6 Å². The lowest BCUT2D eigenvalue weighted by molar-refractivity contribution is -0.136. The Morgan fingerprint density at radius 2 is 1.77 bits per heavy atom. The van der Waals surface area contributed by atoms with E-state index in [9.17, 15) is 19.2 Å². The van der Waals surface area contributed by atoms with Crippen molar-refractivity contribution in [1.82, 2.24) is 20.4 Å². The highest BCUT2D eigenvalue weighted by molar-refractivity contribution is 6.05. The molecule has 236 valence electrons. The number of carbonyl (C=O) groups excluding carboxylic acids is 4. The number of nitrogens with zero attached hydrogens (tertiary/aromatic N) is 3. The Hall–Kier alpha value is -4.12. The normalized spacial score (nSPS) is 19.8. The number of nitrogens with one attached hydrogen (secondary N) is 2. The first kappa shape index (κ1) is 31.3. The van der Waals surface area contributed by atoms with E-state index in [0.29, 0.717) is 25.1 Å². The second kappa shape index (κ2) is 13.3. The van der Waals surface area contributed by atoms with Crippen molar-refractivity contribution in [1.29, 1.82) is 0 Å². The Morgan fingerprint density at radius 3 is 2.45 bits per heavy atom. The molecule has 0 radical (unpaired) electrons. The van der Waals surface area contributed by atoms with Gasteiger partial charge in [0.25, 0.3) is 5.91 Å². The topological polar surface area (TPSA) is 121 Å². The van der Waals surface area contributed by atoms with Gasteiger partial charge in [-0.3, -0.25) is 24.6 Å². The molecular formula is C33H43N5O6. The van der Waals surface area contributed by atoms with Gasteiger partial charge in [0.2, 0.25) is 11.8 Å². The van der Waals surface area contributed by atoms with Crippen LogP contribution in [0.15, 0.2) is 42.5 Å². The summed E-state index contributed by atoms with van der Waals surface area (Å²) in [4.78, 5) is 55.3. The lowest BCUT2D eigenvalue weighted by Crippen LogP contribution is -2.52. The summed E-state index contributed by atoms with van der Waals surface area (Å²) < 4.78 is 11.3. The third kappa shape index (κ3) is 7.68. The average Bonchev–Trinajstić information content (AvgIpc) is 3.30. The quantitative estimate of drug-likeness (QED) is 0.329. The fraction of sp³-hybridized carbons (Fsp3) is 0.515. The van der Waals surface area contributed by atoms with Crippen LogP contribution in [0.1, 0.15) is 74.5 Å². The van der Waals surface area contributed by atoms with E-state index in [1.54, 1.807) is 4.90 Å². The smallest absolute Gasteiger partial charge is 0.408 e. The van der Waals surface area contributed by atoms with Gasteiger partial charge >= 0.3 is 6.09 Å². The molecule has 0 bridgehead atoms. The maximum absolute atomic E-state index is 13.0. The van der Waals surface area contributed by atoms with Gasteiger partial charge in [-0.2, -0.15) is 0 Å². The van der Waals surface area contributed by atoms with Crippen molar-refractivity contribution in [3.63, 3.8) is 0 Å². The Morgan fingerprint density at radius 1 is 1.05 bits per heavy atom. The molecule has 44 heavy (non-hydrogen) atoms. The van der Waals surface area contributed by atoms with E-state index < -0.39 is 17.7 Å². The van der Waals surface area contributed by atoms with Crippen LogP contribution >= 0.6 is 0 Å². The number of hydrogen-bond donors (Lipinski definition) is 2. The molecule has 0 spiro atoms. The molecule has 0 aromatic heterocycles. The first-order chi connectivity index (χ1) is 21.0. The molecule has 5 rings (SSSR count). The number of ether oxygens (including phenoxy) is 2. The summed E-state index contributed by atoms with van der Waals surface area (Å²) in [5.74, 6) is -0.0130. The van der Waals surface area contributed by atoms with E-state index in [2.05, 4.69) is 26.5 Å². The highest BCUT2D eigenvalue weighted by Gasteiger charge is 2.39. The van der Waals surface area contributed by atoms with Crippen LogP contribution in [0.3, 0.4) is 0 Å². The van der Waals surface area contributed by atoms with Crippen molar-refractivity contribution in [2.75, 3.05) is 44.2 Å². The number of amides is 4. The van der Waals surface area contributed by atoms with Crippen molar-refractivity contribution >= 4 is 29.5 Å². The molecule has 2 N–H and O–H groups in total. The Labute approximate surface area is 258 Å². The molecule has 3 aliphatic heterocycles. The van der Waals surface area contributed by atoms with Gasteiger partial charge in [-0.05, 0) is 82.0 Å². The Balaban J connectivity index is 1.02. The number of carbonyl (C=O) groups is 4. The number of fused-ring (bicyclic) bond motifs is 1. The zero-order chi connectivity index (χ0) is 31.4. The molecule has 3 heterocycles. The zero-order valence-corrected chi connectivity index (χ0v) is 26.1. The van der Waals surface area contributed by atoms with E-state index in [4.69, 9.17) is 9.47 Å². The Bertz CT molecular complexity index is 1380. The first-order valence-corrected chi connectivity index (χ1v) is 15.4. The number of hydrogen-bond acceptors (Lipinski definition) is 8. The van der Waals surface area contributed by atoms with Crippen LogP contribution < -0.4 is 20.3 Å². The number of piperazine rings is 1. The second-order valence-electron chi connectivity index (χ2n) is 12.7. The number of piperidine rings is 1. The summed E-state index contributed by atoms with van der Waals surface area (Å²) >= 11 is 0. The summed E-state index contributed by atoms with van der Waals surface area (Å²) in [6.45, 7) is 13.0. The number of benzene rings is 2. The van der Waals surface area contributed by atoms with Crippen LogP contribution in [0.5, 0.6) is 5.75 Å². The van der Waals surface area contributed by atoms with Crippen LogP contribution in [0, 0.1) is 0 Å². The highest BCUT2D eigenvalue weighted by atomic mass is 16.6. The zero-order valence-electron chi connectivity index (χ0n) is 26.1. The Kier molecular flexibility index (Phi) is 9.43. The maximum Gasteiger partial charge on any atom is 0.408 e. The van der Waals surface area contributed by atoms with Gasteiger partial charge in [-0.25, -0.2) is 4.79 Å². The minimum Gasteiger partial charge on any atom is -0.494 e. The van der Waals surface area contributed by atoms with Crippen LogP contribution in [0.4, 0.5) is 10.5 Å². The predicted molar refractivity (Wildman–Crippen MR) is 165 cm³/mol. The first-order valence-electron chi connectivity index (χ1n) is 15.4.